The second-order valence-corrected chi connectivity index (χ2v) is 4.31. The predicted molar refractivity (Wildman–Crippen MR) is 70.9 cm³/mol. The van der Waals surface area contributed by atoms with Crippen LogP contribution in [0, 0.1) is 0 Å². The lowest BCUT2D eigenvalue weighted by Crippen LogP contribution is -2.28. The number of hydrogen-bond acceptors (Lipinski definition) is 2. The molecule has 1 aromatic heterocycles. The second-order valence-electron chi connectivity index (χ2n) is 3.47. The Labute approximate surface area is 114 Å². The molecule has 2 amide bonds. The lowest BCUT2D eigenvalue weighted by molar-refractivity contribution is 0.251. The lowest BCUT2D eigenvalue weighted by Gasteiger charge is -2.08. The summed E-state index contributed by atoms with van der Waals surface area (Å²) in [6, 6.07) is 4.47. The Balaban J connectivity index is 1.92. The Morgan fingerprint density at radius 1 is 1.39 bits per heavy atom. The summed E-state index contributed by atoms with van der Waals surface area (Å²) in [6.45, 7) is 0.303. The highest BCUT2D eigenvalue weighted by molar-refractivity contribution is 6.35. The van der Waals surface area contributed by atoms with Crippen LogP contribution in [0.1, 0.15) is 5.82 Å². The van der Waals surface area contributed by atoms with E-state index in [4.69, 9.17) is 23.2 Å². The van der Waals surface area contributed by atoms with Crippen molar-refractivity contribution in [2.75, 3.05) is 5.32 Å². The van der Waals surface area contributed by atoms with Crippen LogP contribution in [0.25, 0.3) is 0 Å². The molecule has 0 bridgehead atoms. The van der Waals surface area contributed by atoms with Crippen LogP contribution in [-0.4, -0.2) is 16.0 Å². The van der Waals surface area contributed by atoms with Crippen molar-refractivity contribution < 1.29 is 4.79 Å². The number of hydrogen-bond donors (Lipinski definition) is 3. The summed E-state index contributed by atoms with van der Waals surface area (Å²) >= 11 is 11.7. The fourth-order valence-corrected chi connectivity index (χ4v) is 1.66. The van der Waals surface area contributed by atoms with Gasteiger partial charge in [0.05, 0.1) is 17.3 Å². The van der Waals surface area contributed by atoms with Crippen LogP contribution in [0.2, 0.25) is 10.0 Å². The quantitative estimate of drug-likeness (QED) is 0.811. The number of halogens is 2. The Hall–Kier alpha value is -1.72. The number of carbonyl (C=O) groups excluding carboxylic acids is 1. The zero-order chi connectivity index (χ0) is 13.0. The highest BCUT2D eigenvalue weighted by atomic mass is 35.5. The van der Waals surface area contributed by atoms with Gasteiger partial charge in [-0.1, -0.05) is 23.2 Å². The number of aromatic amines is 1. The molecule has 0 fully saturated rings. The molecule has 3 N–H and O–H groups in total. The Kier molecular flexibility index (Phi) is 4.07. The second kappa shape index (κ2) is 5.75. The molecule has 0 unspecified atom stereocenters. The Morgan fingerprint density at radius 3 is 2.94 bits per heavy atom. The summed E-state index contributed by atoms with van der Waals surface area (Å²) in [5, 5.41) is 6.16. The molecular formula is C11H10Cl2N4O. The standard InChI is InChI=1S/C11H10Cl2N4O/c12-7-1-2-8(13)9(5-7)17-11(18)16-6-10-14-3-4-15-10/h1-5H,6H2,(H,14,15)(H2,16,17,18). The summed E-state index contributed by atoms with van der Waals surface area (Å²) in [5.41, 5.74) is 0.459. The summed E-state index contributed by atoms with van der Waals surface area (Å²) < 4.78 is 0. The number of amides is 2. The van der Waals surface area contributed by atoms with Crippen molar-refractivity contribution in [3.05, 3.63) is 46.5 Å². The molecule has 0 saturated carbocycles. The van der Waals surface area contributed by atoms with Crippen LogP contribution in [0.3, 0.4) is 0 Å². The molecule has 0 aliphatic carbocycles. The minimum absolute atomic E-state index is 0.303. The fourth-order valence-electron chi connectivity index (χ4n) is 1.32. The zero-order valence-corrected chi connectivity index (χ0v) is 10.7. The third-order valence-electron chi connectivity index (χ3n) is 2.15. The van der Waals surface area contributed by atoms with Gasteiger partial charge in [-0.3, -0.25) is 0 Å². The van der Waals surface area contributed by atoms with Crippen molar-refractivity contribution in [1.82, 2.24) is 15.3 Å². The van der Waals surface area contributed by atoms with Crippen LogP contribution >= 0.6 is 23.2 Å². The number of rotatable bonds is 3. The van der Waals surface area contributed by atoms with E-state index in [1.54, 1.807) is 30.6 Å². The van der Waals surface area contributed by atoms with E-state index in [0.717, 1.165) is 0 Å². The van der Waals surface area contributed by atoms with Gasteiger partial charge in [0.1, 0.15) is 5.82 Å². The molecule has 0 aliphatic rings. The minimum Gasteiger partial charge on any atom is -0.347 e. The molecule has 18 heavy (non-hydrogen) atoms. The lowest BCUT2D eigenvalue weighted by atomic mass is 10.3. The number of benzene rings is 1. The van der Waals surface area contributed by atoms with Gasteiger partial charge >= 0.3 is 6.03 Å². The van der Waals surface area contributed by atoms with Gasteiger partial charge in [0.15, 0.2) is 0 Å². The van der Waals surface area contributed by atoms with Crippen molar-refractivity contribution in [1.29, 1.82) is 0 Å². The van der Waals surface area contributed by atoms with Crippen molar-refractivity contribution >= 4 is 34.9 Å². The Bertz CT molecular complexity index is 542. The van der Waals surface area contributed by atoms with E-state index < -0.39 is 0 Å². The maximum absolute atomic E-state index is 11.6. The monoisotopic (exact) mass is 284 g/mol. The van der Waals surface area contributed by atoms with Gasteiger partial charge in [-0.15, -0.1) is 0 Å². The molecule has 0 aliphatic heterocycles. The van der Waals surface area contributed by atoms with E-state index in [1.807, 2.05) is 0 Å². The first-order chi connectivity index (χ1) is 8.65. The molecule has 0 saturated heterocycles. The average Bonchev–Trinajstić information content (AvgIpc) is 2.84. The number of H-pyrrole nitrogens is 1. The minimum atomic E-state index is -0.379. The number of urea groups is 1. The van der Waals surface area contributed by atoms with E-state index in [2.05, 4.69) is 20.6 Å². The van der Waals surface area contributed by atoms with Gasteiger partial charge in [-0.05, 0) is 18.2 Å². The Morgan fingerprint density at radius 2 is 2.22 bits per heavy atom. The van der Waals surface area contributed by atoms with Gasteiger partial charge in [0.25, 0.3) is 0 Å². The fraction of sp³-hybridized carbons (Fsp3) is 0.0909. The van der Waals surface area contributed by atoms with Crippen LogP contribution in [0.15, 0.2) is 30.6 Å². The predicted octanol–water partition coefficient (Wildman–Crippen LogP) is 3.04. The number of nitrogens with zero attached hydrogens (tertiary/aromatic N) is 1. The van der Waals surface area contributed by atoms with Crippen LogP contribution in [0.4, 0.5) is 10.5 Å². The maximum atomic E-state index is 11.6. The summed E-state index contributed by atoms with van der Waals surface area (Å²) in [4.78, 5) is 18.5. The molecular weight excluding hydrogens is 275 g/mol. The topological polar surface area (TPSA) is 69.8 Å². The third kappa shape index (κ3) is 3.38. The smallest absolute Gasteiger partial charge is 0.319 e. The van der Waals surface area contributed by atoms with Crippen LogP contribution in [-0.2, 0) is 6.54 Å². The van der Waals surface area contributed by atoms with Gasteiger partial charge in [0.2, 0.25) is 0 Å². The summed E-state index contributed by atoms with van der Waals surface area (Å²) in [7, 11) is 0. The molecule has 0 radical (unpaired) electrons. The molecule has 2 rings (SSSR count). The van der Waals surface area contributed by atoms with Crippen molar-refractivity contribution in [3.63, 3.8) is 0 Å². The van der Waals surface area contributed by atoms with Gasteiger partial charge in [-0.2, -0.15) is 0 Å². The van der Waals surface area contributed by atoms with E-state index in [-0.39, 0.29) is 6.03 Å². The molecule has 94 valence electrons. The first-order valence-corrected chi connectivity index (χ1v) is 5.89. The molecule has 0 atom stereocenters. The molecule has 7 heteroatoms. The average molecular weight is 285 g/mol. The number of aromatic nitrogens is 2. The largest absolute Gasteiger partial charge is 0.347 e. The zero-order valence-electron chi connectivity index (χ0n) is 9.21. The van der Waals surface area contributed by atoms with Crippen molar-refractivity contribution in [2.45, 2.75) is 6.54 Å². The van der Waals surface area contributed by atoms with Crippen molar-refractivity contribution in [2.24, 2.45) is 0 Å². The maximum Gasteiger partial charge on any atom is 0.319 e. The highest BCUT2D eigenvalue weighted by Crippen LogP contribution is 2.25. The van der Waals surface area contributed by atoms with E-state index in [0.29, 0.717) is 28.1 Å². The molecule has 5 nitrogen and oxygen atoms in total. The first-order valence-electron chi connectivity index (χ1n) is 5.13. The SMILES string of the molecule is O=C(NCc1ncc[nH]1)Nc1cc(Cl)ccc1Cl. The van der Waals surface area contributed by atoms with E-state index >= 15 is 0 Å². The molecule has 0 spiro atoms. The van der Waals surface area contributed by atoms with Gasteiger partial charge in [0, 0.05) is 17.4 Å². The first kappa shape index (κ1) is 12.7. The van der Waals surface area contributed by atoms with E-state index in [1.165, 1.54) is 0 Å². The van der Waals surface area contributed by atoms with Gasteiger partial charge in [-0.25, -0.2) is 9.78 Å². The number of anilines is 1. The van der Waals surface area contributed by atoms with E-state index in [9.17, 15) is 4.79 Å². The molecule has 1 heterocycles. The molecule has 2 aromatic rings. The normalized spacial score (nSPS) is 10.1. The van der Waals surface area contributed by atoms with Crippen LogP contribution < -0.4 is 10.6 Å². The number of carbonyl (C=O) groups is 1. The van der Waals surface area contributed by atoms with Crippen LogP contribution in [0.5, 0.6) is 0 Å². The third-order valence-corrected chi connectivity index (χ3v) is 2.71. The van der Waals surface area contributed by atoms with Gasteiger partial charge < -0.3 is 15.6 Å². The summed E-state index contributed by atoms with van der Waals surface area (Å²) in [5.74, 6) is 0.669. The summed E-state index contributed by atoms with van der Waals surface area (Å²) in [6.07, 6.45) is 3.30. The number of imidazole rings is 1. The van der Waals surface area contributed by atoms with Crippen molar-refractivity contribution in [3.8, 4) is 0 Å². The highest BCUT2D eigenvalue weighted by Gasteiger charge is 2.06. The number of nitrogens with one attached hydrogen (secondary N) is 3. The molecule has 1 aromatic carbocycles.